The summed E-state index contributed by atoms with van der Waals surface area (Å²) in [6.45, 7) is 3.00. The number of rotatable bonds is 8. The molecule has 3 aromatic rings. The van der Waals surface area contributed by atoms with Gasteiger partial charge < -0.3 is 5.32 Å². The molecular weight excluding hydrogens is 400 g/mol. The normalized spacial score (nSPS) is 11.8. The van der Waals surface area contributed by atoms with E-state index < -0.39 is 0 Å². The average molecular weight is 423 g/mol. The van der Waals surface area contributed by atoms with E-state index in [0.717, 1.165) is 22.7 Å². The van der Waals surface area contributed by atoms with Crippen LogP contribution in [0.3, 0.4) is 0 Å². The fourth-order valence-corrected chi connectivity index (χ4v) is 4.25. The van der Waals surface area contributed by atoms with Crippen molar-refractivity contribution in [3.05, 3.63) is 68.6 Å². The zero-order valence-electron chi connectivity index (χ0n) is 15.3. The monoisotopic (exact) mass is 422 g/mol. The van der Waals surface area contributed by atoms with Crippen LogP contribution in [0.1, 0.15) is 27.9 Å². The smallest absolute Gasteiger partial charge is 0.234 e. The Bertz CT molecular complexity index is 823. The number of nitrogens with one attached hydrogen (secondary N) is 1. The Hall–Kier alpha value is -1.80. The van der Waals surface area contributed by atoms with E-state index in [1.54, 1.807) is 28.9 Å². The van der Waals surface area contributed by atoms with Crippen LogP contribution in [0.2, 0.25) is 0 Å². The fourth-order valence-electron chi connectivity index (χ4n) is 2.72. The fraction of sp³-hybridized carbons (Fsp3) is 0.316. The molecule has 1 unspecified atom stereocenters. The van der Waals surface area contributed by atoms with Gasteiger partial charge in [0, 0.05) is 36.4 Å². The standard InChI is InChI=1S/C19H22N4OS2.ClH/c1-14-12-26-19(21-14)17(8-15-5-7-25-13-15)22-18(24)11-23(2)10-16-4-3-6-20-9-16;/h3-7,9,12-13,17H,8,10-11H2,1-2H3,(H,22,24);1H. The highest BCUT2D eigenvalue weighted by molar-refractivity contribution is 7.09. The maximum Gasteiger partial charge on any atom is 0.234 e. The number of aromatic nitrogens is 2. The second-order valence-corrected chi connectivity index (χ2v) is 7.99. The molecule has 1 atom stereocenters. The number of thiazole rings is 1. The number of thiophene rings is 1. The Morgan fingerprint density at radius 3 is 2.78 bits per heavy atom. The number of nitrogens with zero attached hydrogens (tertiary/aromatic N) is 3. The van der Waals surface area contributed by atoms with E-state index in [1.807, 2.05) is 42.6 Å². The summed E-state index contributed by atoms with van der Waals surface area (Å²) in [5.74, 6) is 0.00414. The Balaban J connectivity index is 0.00000261. The molecule has 0 saturated carbocycles. The lowest BCUT2D eigenvalue weighted by atomic mass is 10.1. The number of likely N-dealkylation sites (N-methyl/N-ethyl adjacent to an activating group) is 1. The van der Waals surface area contributed by atoms with Gasteiger partial charge >= 0.3 is 0 Å². The van der Waals surface area contributed by atoms with Crippen LogP contribution >= 0.6 is 35.1 Å². The van der Waals surface area contributed by atoms with Crippen LogP contribution < -0.4 is 5.32 Å². The molecule has 0 aromatic carbocycles. The summed E-state index contributed by atoms with van der Waals surface area (Å²) in [6.07, 6.45) is 4.34. The van der Waals surface area contributed by atoms with Crippen LogP contribution in [0.25, 0.3) is 0 Å². The van der Waals surface area contributed by atoms with Gasteiger partial charge in [0.2, 0.25) is 5.91 Å². The highest BCUT2D eigenvalue weighted by atomic mass is 35.5. The molecule has 144 valence electrons. The van der Waals surface area contributed by atoms with Crippen molar-refractivity contribution in [2.45, 2.75) is 25.9 Å². The Kier molecular flexibility index (Phi) is 8.37. The number of amides is 1. The first-order valence-corrected chi connectivity index (χ1v) is 10.2. The van der Waals surface area contributed by atoms with Crippen LogP contribution in [0, 0.1) is 6.92 Å². The first-order valence-electron chi connectivity index (χ1n) is 8.40. The van der Waals surface area contributed by atoms with Crippen LogP contribution in [0.4, 0.5) is 0 Å². The van der Waals surface area contributed by atoms with E-state index in [0.29, 0.717) is 13.1 Å². The molecule has 3 heterocycles. The third-order valence-corrected chi connectivity index (χ3v) is 5.69. The van der Waals surface area contributed by atoms with Crippen molar-refractivity contribution in [2.75, 3.05) is 13.6 Å². The summed E-state index contributed by atoms with van der Waals surface area (Å²) in [5, 5.41) is 10.3. The van der Waals surface area contributed by atoms with Gasteiger partial charge in [-0.25, -0.2) is 4.98 Å². The van der Waals surface area contributed by atoms with Crippen molar-refractivity contribution in [3.8, 4) is 0 Å². The third-order valence-electron chi connectivity index (χ3n) is 3.88. The Morgan fingerprint density at radius 1 is 1.30 bits per heavy atom. The number of hydrogen-bond acceptors (Lipinski definition) is 6. The molecule has 3 rings (SSSR count). The highest BCUT2D eigenvalue weighted by Gasteiger charge is 2.19. The summed E-state index contributed by atoms with van der Waals surface area (Å²) in [5.41, 5.74) is 3.30. The van der Waals surface area contributed by atoms with Gasteiger partial charge in [-0.05, 0) is 48.0 Å². The van der Waals surface area contributed by atoms with Crippen LogP contribution in [-0.2, 0) is 17.8 Å². The van der Waals surface area contributed by atoms with Gasteiger partial charge in [0.25, 0.3) is 0 Å². The lowest BCUT2D eigenvalue weighted by Crippen LogP contribution is -2.37. The van der Waals surface area contributed by atoms with Crippen molar-refractivity contribution in [3.63, 3.8) is 0 Å². The van der Waals surface area contributed by atoms with E-state index in [2.05, 4.69) is 32.1 Å². The average Bonchev–Trinajstić information content (AvgIpc) is 3.26. The molecular formula is C19H23ClN4OS2. The third kappa shape index (κ3) is 6.70. The van der Waals surface area contributed by atoms with Crippen molar-refractivity contribution in [2.24, 2.45) is 0 Å². The van der Waals surface area contributed by atoms with Crippen LogP contribution in [0.5, 0.6) is 0 Å². The van der Waals surface area contributed by atoms with Crippen molar-refractivity contribution < 1.29 is 4.79 Å². The second-order valence-electron chi connectivity index (χ2n) is 6.32. The zero-order chi connectivity index (χ0) is 18.4. The maximum atomic E-state index is 12.6. The van der Waals surface area contributed by atoms with Crippen molar-refractivity contribution >= 4 is 41.0 Å². The molecule has 0 aliphatic carbocycles. The van der Waals surface area contributed by atoms with Gasteiger partial charge in [-0.3, -0.25) is 14.7 Å². The van der Waals surface area contributed by atoms with Gasteiger partial charge in [0.1, 0.15) is 5.01 Å². The summed E-state index contributed by atoms with van der Waals surface area (Å²) in [7, 11) is 1.94. The summed E-state index contributed by atoms with van der Waals surface area (Å²) in [4.78, 5) is 23.3. The largest absolute Gasteiger partial charge is 0.345 e. The van der Waals surface area contributed by atoms with E-state index in [9.17, 15) is 4.79 Å². The highest BCUT2D eigenvalue weighted by Crippen LogP contribution is 2.23. The number of pyridine rings is 1. The molecule has 0 aliphatic heterocycles. The van der Waals surface area contributed by atoms with Gasteiger partial charge in [0.15, 0.2) is 0 Å². The molecule has 1 N–H and O–H groups in total. The first-order chi connectivity index (χ1) is 12.6. The van der Waals surface area contributed by atoms with Gasteiger partial charge in [-0.1, -0.05) is 6.07 Å². The minimum absolute atomic E-state index is 0. The SMILES string of the molecule is Cc1csc(C(Cc2ccsc2)NC(=O)CN(C)Cc2cccnc2)n1.Cl. The molecule has 0 radical (unpaired) electrons. The predicted molar refractivity (Wildman–Crippen MR) is 114 cm³/mol. The van der Waals surface area contributed by atoms with E-state index in [1.165, 1.54) is 5.56 Å². The van der Waals surface area contributed by atoms with E-state index in [4.69, 9.17) is 0 Å². The molecule has 1 amide bonds. The number of halogens is 1. The molecule has 0 fully saturated rings. The molecule has 0 bridgehead atoms. The van der Waals surface area contributed by atoms with Crippen molar-refractivity contribution in [1.82, 2.24) is 20.2 Å². The summed E-state index contributed by atoms with van der Waals surface area (Å²) in [6, 6.07) is 5.92. The van der Waals surface area contributed by atoms with Gasteiger partial charge in [-0.2, -0.15) is 11.3 Å². The van der Waals surface area contributed by atoms with E-state index in [-0.39, 0.29) is 24.4 Å². The minimum atomic E-state index is -0.0948. The lowest BCUT2D eigenvalue weighted by Gasteiger charge is -2.20. The second kappa shape index (κ2) is 10.5. The van der Waals surface area contributed by atoms with Crippen molar-refractivity contribution in [1.29, 1.82) is 0 Å². The number of carbonyl (C=O) groups excluding carboxylic acids is 1. The first kappa shape index (κ1) is 21.5. The van der Waals surface area contributed by atoms with Gasteiger partial charge in [-0.15, -0.1) is 23.7 Å². The summed E-state index contributed by atoms with van der Waals surface area (Å²) < 4.78 is 0. The molecule has 0 saturated heterocycles. The number of carbonyl (C=O) groups is 1. The maximum absolute atomic E-state index is 12.6. The molecule has 27 heavy (non-hydrogen) atoms. The molecule has 8 heteroatoms. The molecule has 3 aromatic heterocycles. The quantitative estimate of drug-likeness (QED) is 0.598. The minimum Gasteiger partial charge on any atom is -0.345 e. The number of aryl methyl sites for hydroxylation is 1. The molecule has 0 aliphatic rings. The van der Waals surface area contributed by atoms with Crippen LogP contribution in [-0.4, -0.2) is 34.4 Å². The number of hydrogen-bond donors (Lipinski definition) is 1. The predicted octanol–water partition coefficient (Wildman–Crippen LogP) is 3.86. The molecule has 0 spiro atoms. The zero-order valence-corrected chi connectivity index (χ0v) is 17.7. The topological polar surface area (TPSA) is 58.1 Å². The lowest BCUT2D eigenvalue weighted by molar-refractivity contribution is -0.122. The molecule has 5 nitrogen and oxygen atoms in total. The van der Waals surface area contributed by atoms with Gasteiger partial charge in [0.05, 0.1) is 12.6 Å². The Labute approximate surface area is 173 Å². The Morgan fingerprint density at radius 2 is 2.15 bits per heavy atom. The van der Waals surface area contributed by atoms with Crippen LogP contribution in [0.15, 0.2) is 46.7 Å². The van der Waals surface area contributed by atoms with E-state index >= 15 is 0 Å². The summed E-state index contributed by atoms with van der Waals surface area (Å²) >= 11 is 3.27.